The van der Waals surface area contributed by atoms with Crippen molar-refractivity contribution in [3.63, 3.8) is 0 Å². The zero-order valence-corrected chi connectivity index (χ0v) is 13.3. The van der Waals surface area contributed by atoms with E-state index in [4.69, 9.17) is 28.9 Å². The van der Waals surface area contributed by atoms with E-state index in [1.54, 1.807) is 7.05 Å². The molecule has 0 aliphatic carbocycles. The lowest BCUT2D eigenvalue weighted by Crippen LogP contribution is -2.13. The Labute approximate surface area is 135 Å². The molecule has 1 amide bonds. The van der Waals surface area contributed by atoms with Gasteiger partial charge in [-0.15, -0.1) is 5.10 Å². The van der Waals surface area contributed by atoms with E-state index in [0.29, 0.717) is 32.3 Å². The molecule has 0 unspecified atom stereocenters. The van der Waals surface area contributed by atoms with Crippen LogP contribution < -0.4 is 11.1 Å². The Morgan fingerprint density at radius 2 is 2.10 bits per heavy atom. The molecular formula is C11H12Cl2N6OS. The summed E-state index contributed by atoms with van der Waals surface area (Å²) in [5, 5.41) is 14.9. The quantitative estimate of drug-likeness (QED) is 0.636. The summed E-state index contributed by atoms with van der Waals surface area (Å²) >= 11 is 13.4. The van der Waals surface area contributed by atoms with Crippen LogP contribution in [-0.4, -0.2) is 31.9 Å². The van der Waals surface area contributed by atoms with E-state index in [1.807, 2.05) is 0 Å². The average molecular weight is 347 g/mol. The Morgan fingerprint density at radius 3 is 2.67 bits per heavy atom. The van der Waals surface area contributed by atoms with Crippen molar-refractivity contribution in [1.29, 1.82) is 0 Å². The second-order valence-electron chi connectivity index (χ2n) is 4.09. The Kier molecular flexibility index (Phi) is 5.27. The summed E-state index contributed by atoms with van der Waals surface area (Å²) in [6, 6.07) is 3.06. The molecule has 1 aromatic heterocycles. The number of halogens is 2. The van der Waals surface area contributed by atoms with Gasteiger partial charge in [-0.05, 0) is 22.6 Å². The minimum absolute atomic E-state index is 0.203. The number of rotatable bonds is 5. The van der Waals surface area contributed by atoms with Crippen LogP contribution >= 0.6 is 35.0 Å². The lowest BCUT2D eigenvalue weighted by atomic mass is 10.2. The first-order valence-electron chi connectivity index (χ1n) is 5.87. The van der Waals surface area contributed by atoms with Gasteiger partial charge in [0, 0.05) is 24.9 Å². The van der Waals surface area contributed by atoms with Gasteiger partial charge in [-0.25, -0.2) is 4.68 Å². The monoisotopic (exact) mass is 346 g/mol. The molecule has 7 nitrogen and oxygen atoms in total. The second kappa shape index (κ2) is 6.97. The Morgan fingerprint density at radius 1 is 1.43 bits per heavy atom. The third kappa shape index (κ3) is 4.23. The van der Waals surface area contributed by atoms with Crippen molar-refractivity contribution in [2.75, 3.05) is 16.8 Å². The number of nitrogen functional groups attached to an aromatic ring is 1. The number of carbonyl (C=O) groups excluding carboxylic acids is 1. The van der Waals surface area contributed by atoms with Gasteiger partial charge < -0.3 is 11.1 Å². The van der Waals surface area contributed by atoms with Crippen LogP contribution in [0.25, 0.3) is 0 Å². The maximum absolute atomic E-state index is 11.9. The SMILES string of the molecule is Cn1nnnc1SCCC(=O)Nc1c(Cl)cc(N)cc1Cl. The number of hydrogen-bond acceptors (Lipinski definition) is 6. The first kappa shape index (κ1) is 15.9. The van der Waals surface area contributed by atoms with E-state index in [2.05, 4.69) is 20.8 Å². The molecule has 0 saturated carbocycles. The van der Waals surface area contributed by atoms with Gasteiger partial charge in [-0.2, -0.15) is 0 Å². The second-order valence-corrected chi connectivity index (χ2v) is 5.97. The van der Waals surface area contributed by atoms with Gasteiger partial charge in [0.1, 0.15) is 0 Å². The van der Waals surface area contributed by atoms with Crippen molar-refractivity contribution >= 4 is 52.2 Å². The lowest BCUT2D eigenvalue weighted by Gasteiger charge is -2.10. The van der Waals surface area contributed by atoms with Crippen LogP contribution in [0.1, 0.15) is 6.42 Å². The minimum atomic E-state index is -0.203. The highest BCUT2D eigenvalue weighted by Gasteiger charge is 2.11. The average Bonchev–Trinajstić information content (AvgIpc) is 2.80. The molecule has 0 bridgehead atoms. The molecule has 2 rings (SSSR count). The van der Waals surface area contributed by atoms with Crippen LogP contribution in [-0.2, 0) is 11.8 Å². The molecule has 0 fully saturated rings. The van der Waals surface area contributed by atoms with E-state index >= 15 is 0 Å². The van der Waals surface area contributed by atoms with Crippen molar-refractivity contribution in [1.82, 2.24) is 20.2 Å². The van der Waals surface area contributed by atoms with Crippen LogP contribution in [0.4, 0.5) is 11.4 Å². The summed E-state index contributed by atoms with van der Waals surface area (Å²) in [4.78, 5) is 11.9. The predicted molar refractivity (Wildman–Crippen MR) is 83.6 cm³/mol. The molecule has 1 heterocycles. The minimum Gasteiger partial charge on any atom is -0.399 e. The van der Waals surface area contributed by atoms with Gasteiger partial charge in [-0.3, -0.25) is 4.79 Å². The molecule has 1 aromatic carbocycles. The number of hydrogen-bond donors (Lipinski definition) is 2. The van der Waals surface area contributed by atoms with Crippen LogP contribution in [0, 0.1) is 0 Å². The molecule has 0 spiro atoms. The molecule has 0 aliphatic heterocycles. The fraction of sp³-hybridized carbons (Fsp3) is 0.273. The number of benzene rings is 1. The number of aromatic nitrogens is 4. The number of anilines is 2. The first-order chi connectivity index (χ1) is 9.97. The topological polar surface area (TPSA) is 98.7 Å². The van der Waals surface area contributed by atoms with Crippen LogP contribution in [0.2, 0.25) is 10.0 Å². The number of carbonyl (C=O) groups is 1. The molecule has 112 valence electrons. The van der Waals surface area contributed by atoms with Crippen molar-refractivity contribution in [2.45, 2.75) is 11.6 Å². The van der Waals surface area contributed by atoms with E-state index in [1.165, 1.54) is 28.6 Å². The van der Waals surface area contributed by atoms with Gasteiger partial charge in [0.25, 0.3) is 0 Å². The summed E-state index contributed by atoms with van der Waals surface area (Å²) < 4.78 is 1.54. The molecule has 3 N–H and O–H groups in total. The van der Waals surface area contributed by atoms with E-state index in [-0.39, 0.29) is 12.3 Å². The highest BCUT2D eigenvalue weighted by molar-refractivity contribution is 7.99. The molecule has 0 aliphatic rings. The van der Waals surface area contributed by atoms with E-state index in [0.717, 1.165) is 0 Å². The van der Waals surface area contributed by atoms with Crippen molar-refractivity contribution in [3.8, 4) is 0 Å². The normalized spacial score (nSPS) is 10.6. The predicted octanol–water partition coefficient (Wildman–Crippen LogP) is 2.22. The Balaban J connectivity index is 1.89. The van der Waals surface area contributed by atoms with Crippen LogP contribution in [0.5, 0.6) is 0 Å². The molecule has 10 heteroatoms. The highest BCUT2D eigenvalue weighted by Crippen LogP contribution is 2.32. The van der Waals surface area contributed by atoms with Crippen molar-refractivity contribution in [2.24, 2.45) is 7.05 Å². The molecule has 0 saturated heterocycles. The number of nitrogens with two attached hydrogens (primary N) is 1. The summed E-state index contributed by atoms with van der Waals surface area (Å²) in [6.07, 6.45) is 0.272. The number of nitrogens with one attached hydrogen (secondary N) is 1. The maximum atomic E-state index is 11.9. The van der Waals surface area contributed by atoms with E-state index < -0.39 is 0 Å². The molecular weight excluding hydrogens is 335 g/mol. The number of tetrazole rings is 1. The van der Waals surface area contributed by atoms with Gasteiger partial charge in [-0.1, -0.05) is 35.0 Å². The molecule has 0 radical (unpaired) electrons. The summed E-state index contributed by atoms with van der Waals surface area (Å²) in [5.74, 6) is 0.329. The molecule has 2 aromatic rings. The molecule has 0 atom stereocenters. The standard InChI is InChI=1S/C11H12Cl2N6OS/c1-19-11(16-17-18-19)21-3-2-9(20)15-10-7(12)4-6(14)5-8(10)13/h4-5H,2-3,14H2,1H3,(H,15,20). The smallest absolute Gasteiger partial charge is 0.225 e. The highest BCUT2D eigenvalue weighted by atomic mass is 35.5. The third-order valence-corrected chi connectivity index (χ3v) is 4.08. The number of amides is 1. The fourth-order valence-corrected chi connectivity index (χ4v) is 2.88. The van der Waals surface area contributed by atoms with Crippen LogP contribution in [0.15, 0.2) is 17.3 Å². The maximum Gasteiger partial charge on any atom is 0.225 e. The van der Waals surface area contributed by atoms with Gasteiger partial charge in [0.15, 0.2) is 0 Å². The number of nitrogens with zero attached hydrogens (tertiary/aromatic N) is 4. The third-order valence-electron chi connectivity index (χ3n) is 2.47. The van der Waals surface area contributed by atoms with E-state index in [9.17, 15) is 4.79 Å². The Bertz CT molecular complexity index is 639. The van der Waals surface area contributed by atoms with Crippen molar-refractivity contribution in [3.05, 3.63) is 22.2 Å². The summed E-state index contributed by atoms with van der Waals surface area (Å²) in [5.41, 5.74) is 6.40. The molecule has 21 heavy (non-hydrogen) atoms. The Hall–Kier alpha value is -1.51. The fourth-order valence-electron chi connectivity index (χ4n) is 1.49. The lowest BCUT2D eigenvalue weighted by molar-refractivity contribution is -0.115. The number of thioether (sulfide) groups is 1. The zero-order chi connectivity index (χ0) is 15.4. The van der Waals surface area contributed by atoms with Gasteiger partial charge >= 0.3 is 0 Å². The van der Waals surface area contributed by atoms with Crippen molar-refractivity contribution < 1.29 is 4.79 Å². The largest absolute Gasteiger partial charge is 0.399 e. The van der Waals surface area contributed by atoms with Crippen LogP contribution in [0.3, 0.4) is 0 Å². The van der Waals surface area contributed by atoms with Gasteiger partial charge in [0.05, 0.1) is 15.7 Å². The zero-order valence-electron chi connectivity index (χ0n) is 11.0. The van der Waals surface area contributed by atoms with Gasteiger partial charge in [0.2, 0.25) is 11.1 Å². The summed E-state index contributed by atoms with van der Waals surface area (Å²) in [7, 11) is 1.73. The first-order valence-corrected chi connectivity index (χ1v) is 7.61. The summed E-state index contributed by atoms with van der Waals surface area (Å²) in [6.45, 7) is 0. The number of aryl methyl sites for hydroxylation is 1.